The van der Waals surface area contributed by atoms with E-state index < -0.39 is 6.17 Å². The highest BCUT2D eigenvalue weighted by atomic mass is 16.5. The first-order chi connectivity index (χ1) is 14.2. The summed E-state index contributed by atoms with van der Waals surface area (Å²) in [5, 5.41) is 3.14. The van der Waals surface area contributed by atoms with E-state index in [1.807, 2.05) is 4.90 Å². The highest BCUT2D eigenvalue weighted by molar-refractivity contribution is 5.87. The molecule has 0 spiro atoms. The third kappa shape index (κ3) is 5.95. The molecule has 3 rings (SSSR count). The molecule has 0 aliphatic carbocycles. The van der Waals surface area contributed by atoms with Crippen molar-refractivity contribution in [2.24, 2.45) is 0 Å². The molecule has 0 amide bonds. The van der Waals surface area contributed by atoms with Crippen molar-refractivity contribution < 1.29 is 9.53 Å². The lowest BCUT2D eigenvalue weighted by Gasteiger charge is -2.26. The molecule has 1 atom stereocenters. The number of rotatable bonds is 12. The average Bonchev–Trinajstić information content (AvgIpc) is 3.10. The predicted molar refractivity (Wildman–Crippen MR) is 116 cm³/mol. The number of likely N-dealkylation sites (tertiary alicyclic amines) is 1. The van der Waals surface area contributed by atoms with Crippen LogP contribution in [0.5, 0.6) is 6.01 Å². The van der Waals surface area contributed by atoms with Crippen LogP contribution in [0, 0.1) is 0 Å². The number of unbranched alkanes of at least 4 members (excludes halogenated alkanes) is 4. The van der Waals surface area contributed by atoms with Gasteiger partial charge < -0.3 is 25.6 Å². The number of anilines is 3. The number of carbonyl (C=O) groups excluding carboxylic acids is 1. The number of nitrogens with zero attached hydrogens (tertiary/aromatic N) is 4. The molecule has 0 saturated carbocycles. The van der Waals surface area contributed by atoms with Gasteiger partial charge in [0.2, 0.25) is 0 Å². The van der Waals surface area contributed by atoms with Crippen LogP contribution >= 0.6 is 0 Å². The van der Waals surface area contributed by atoms with Crippen molar-refractivity contribution in [3.8, 4) is 6.01 Å². The molecule has 8 nitrogen and oxygen atoms in total. The van der Waals surface area contributed by atoms with Gasteiger partial charge in [-0.1, -0.05) is 32.6 Å². The Bertz CT molecular complexity index is 650. The minimum absolute atomic E-state index is 0.287. The zero-order chi connectivity index (χ0) is 20.5. The van der Waals surface area contributed by atoms with E-state index in [1.165, 1.54) is 51.7 Å². The molecule has 2 aliphatic heterocycles. The van der Waals surface area contributed by atoms with Crippen LogP contribution in [0.25, 0.3) is 0 Å². The summed E-state index contributed by atoms with van der Waals surface area (Å²) < 4.78 is 5.64. The molecule has 8 heteroatoms. The zero-order valence-electron chi connectivity index (χ0n) is 17.7. The molecule has 1 aromatic heterocycles. The number of nitrogens with one attached hydrogen (secondary N) is 1. The molecule has 1 saturated heterocycles. The quantitative estimate of drug-likeness (QED) is 0.405. The molecule has 3 heterocycles. The zero-order valence-corrected chi connectivity index (χ0v) is 17.7. The second kappa shape index (κ2) is 11.2. The average molecular weight is 405 g/mol. The van der Waals surface area contributed by atoms with Gasteiger partial charge in [0.05, 0.1) is 6.61 Å². The maximum Gasteiger partial charge on any atom is 0.320 e. The van der Waals surface area contributed by atoms with Crippen LogP contribution in [0.15, 0.2) is 0 Å². The Balaban J connectivity index is 1.48. The van der Waals surface area contributed by atoms with Gasteiger partial charge in [0.25, 0.3) is 0 Å². The third-order valence-corrected chi connectivity index (χ3v) is 5.73. The molecular formula is C21H36N6O2. The first-order valence-corrected chi connectivity index (χ1v) is 11.2. The maximum atomic E-state index is 11.6. The molecule has 162 valence electrons. The summed E-state index contributed by atoms with van der Waals surface area (Å²) in [5.74, 6) is 1.01. The Labute approximate surface area is 174 Å². The number of hydrogen-bond acceptors (Lipinski definition) is 8. The van der Waals surface area contributed by atoms with Gasteiger partial charge in [-0.25, -0.2) is 0 Å². The third-order valence-electron chi connectivity index (χ3n) is 5.73. The molecular weight excluding hydrogens is 368 g/mol. The second-order valence-corrected chi connectivity index (χ2v) is 8.03. The van der Waals surface area contributed by atoms with Crippen LogP contribution < -0.4 is 20.7 Å². The lowest BCUT2D eigenvalue weighted by molar-refractivity contribution is -0.108. The number of fused-ring (bicyclic) bond motifs is 1. The number of ether oxygens (including phenoxy) is 1. The SMILES string of the molecule is CCCCOc1nc(N)c2c(n1)N(CCCCCCN1CCCCC1)C(C=O)N2. The normalized spacial score (nSPS) is 19.1. The highest BCUT2D eigenvalue weighted by Crippen LogP contribution is 2.37. The van der Waals surface area contributed by atoms with Crippen LogP contribution in [0.4, 0.5) is 17.3 Å². The number of nitrogens with two attached hydrogens (primary N) is 1. The molecule has 2 aliphatic rings. The van der Waals surface area contributed by atoms with E-state index in [0.717, 1.165) is 38.5 Å². The Morgan fingerprint density at radius 3 is 2.59 bits per heavy atom. The summed E-state index contributed by atoms with van der Waals surface area (Å²) in [6, 6.07) is 0.287. The Kier molecular flexibility index (Phi) is 8.34. The topological polar surface area (TPSA) is 96.6 Å². The Morgan fingerprint density at radius 2 is 1.86 bits per heavy atom. The van der Waals surface area contributed by atoms with Crippen LogP contribution in [0.3, 0.4) is 0 Å². The van der Waals surface area contributed by atoms with Crippen molar-refractivity contribution in [3.05, 3.63) is 0 Å². The van der Waals surface area contributed by atoms with Gasteiger partial charge in [0.15, 0.2) is 24.1 Å². The minimum atomic E-state index is -0.444. The van der Waals surface area contributed by atoms with Crippen LogP contribution in [0.1, 0.15) is 64.7 Å². The van der Waals surface area contributed by atoms with Crippen LogP contribution in [0.2, 0.25) is 0 Å². The van der Waals surface area contributed by atoms with Gasteiger partial charge in [-0.15, -0.1) is 0 Å². The summed E-state index contributed by atoms with van der Waals surface area (Å²) >= 11 is 0. The summed E-state index contributed by atoms with van der Waals surface area (Å²) in [4.78, 5) is 24.9. The van der Waals surface area contributed by atoms with E-state index in [9.17, 15) is 4.79 Å². The van der Waals surface area contributed by atoms with Gasteiger partial charge in [-0.2, -0.15) is 9.97 Å². The van der Waals surface area contributed by atoms with Gasteiger partial charge in [0, 0.05) is 6.54 Å². The maximum absolute atomic E-state index is 11.6. The molecule has 0 radical (unpaired) electrons. The summed E-state index contributed by atoms with van der Waals surface area (Å²) in [6.45, 7) is 7.18. The Morgan fingerprint density at radius 1 is 1.10 bits per heavy atom. The molecule has 29 heavy (non-hydrogen) atoms. The largest absolute Gasteiger partial charge is 0.463 e. The number of aldehydes is 1. The number of aromatic nitrogens is 2. The number of hydrogen-bond donors (Lipinski definition) is 2. The van der Waals surface area contributed by atoms with Crippen molar-refractivity contribution >= 4 is 23.6 Å². The smallest absolute Gasteiger partial charge is 0.320 e. The second-order valence-electron chi connectivity index (χ2n) is 8.03. The van der Waals surface area contributed by atoms with Crippen molar-refractivity contribution in [2.75, 3.05) is 48.7 Å². The van der Waals surface area contributed by atoms with Gasteiger partial charge in [-0.3, -0.25) is 4.79 Å². The van der Waals surface area contributed by atoms with Crippen molar-refractivity contribution in [2.45, 2.75) is 70.9 Å². The monoisotopic (exact) mass is 404 g/mol. The molecule has 1 unspecified atom stereocenters. The first kappa shape index (κ1) is 21.6. The van der Waals surface area contributed by atoms with Crippen molar-refractivity contribution in [1.29, 1.82) is 0 Å². The summed E-state index contributed by atoms with van der Waals surface area (Å²) in [7, 11) is 0. The van der Waals surface area contributed by atoms with E-state index in [4.69, 9.17) is 10.5 Å². The fraction of sp³-hybridized carbons (Fsp3) is 0.762. The lowest BCUT2D eigenvalue weighted by atomic mass is 10.1. The molecule has 1 aromatic rings. The number of carbonyl (C=O) groups is 1. The number of piperidine rings is 1. The Hall–Kier alpha value is -2.09. The van der Waals surface area contributed by atoms with Gasteiger partial charge >= 0.3 is 6.01 Å². The van der Waals surface area contributed by atoms with E-state index >= 15 is 0 Å². The molecule has 1 fully saturated rings. The summed E-state index contributed by atoms with van der Waals surface area (Å²) in [5.41, 5.74) is 6.71. The van der Waals surface area contributed by atoms with E-state index in [1.54, 1.807) is 0 Å². The fourth-order valence-electron chi connectivity index (χ4n) is 4.03. The number of nitrogen functional groups attached to an aromatic ring is 1. The molecule has 0 bridgehead atoms. The molecule has 3 N–H and O–H groups in total. The van der Waals surface area contributed by atoms with Crippen LogP contribution in [-0.2, 0) is 4.79 Å². The fourth-order valence-corrected chi connectivity index (χ4v) is 4.03. The van der Waals surface area contributed by atoms with Gasteiger partial charge in [0.1, 0.15) is 5.69 Å². The highest BCUT2D eigenvalue weighted by Gasteiger charge is 2.32. The summed E-state index contributed by atoms with van der Waals surface area (Å²) in [6.07, 6.45) is 11.1. The predicted octanol–water partition coefficient (Wildman–Crippen LogP) is 3.04. The minimum Gasteiger partial charge on any atom is -0.463 e. The van der Waals surface area contributed by atoms with E-state index in [0.29, 0.717) is 23.9 Å². The van der Waals surface area contributed by atoms with Crippen LogP contribution in [-0.4, -0.2) is 60.1 Å². The standard InChI is InChI=1S/C21H36N6O2/c1-2-3-15-29-21-24-19(22)18-20(25-21)27(17(16-28)23-18)14-10-5-4-7-11-26-12-8-6-9-13-26/h16-17,23H,2-15H2,1H3,(H2,22,24,25). The first-order valence-electron chi connectivity index (χ1n) is 11.2. The van der Waals surface area contributed by atoms with Crippen molar-refractivity contribution in [3.63, 3.8) is 0 Å². The van der Waals surface area contributed by atoms with E-state index in [-0.39, 0.29) is 6.01 Å². The van der Waals surface area contributed by atoms with Crippen molar-refractivity contribution in [1.82, 2.24) is 14.9 Å². The van der Waals surface area contributed by atoms with E-state index in [2.05, 4.69) is 27.1 Å². The lowest BCUT2D eigenvalue weighted by Crippen LogP contribution is -2.38. The molecule has 0 aromatic carbocycles. The van der Waals surface area contributed by atoms with Gasteiger partial charge in [-0.05, 0) is 51.7 Å².